The van der Waals surface area contributed by atoms with Crippen LogP contribution in [0, 0.1) is 5.82 Å². The molecule has 19 heavy (non-hydrogen) atoms. The number of halogens is 3. The predicted octanol–water partition coefficient (Wildman–Crippen LogP) is 4.13. The van der Waals surface area contributed by atoms with Gasteiger partial charge in [0.25, 0.3) is 0 Å². The molecule has 2 rings (SSSR count). The fourth-order valence-corrected chi connectivity index (χ4v) is 2.03. The smallest absolute Gasteiger partial charge is 0.250 e. The molecule has 0 aromatic heterocycles. The first kappa shape index (κ1) is 13.8. The van der Waals surface area contributed by atoms with E-state index in [2.05, 4.69) is 15.9 Å². The summed E-state index contributed by atoms with van der Waals surface area (Å²) in [6.45, 7) is 0. The zero-order chi connectivity index (χ0) is 14.0. The minimum atomic E-state index is -0.622. The molecule has 0 radical (unpaired) electrons. The molecule has 0 saturated heterocycles. The van der Waals surface area contributed by atoms with Crippen molar-refractivity contribution in [1.29, 1.82) is 0 Å². The SMILES string of the molecule is NC(=O)c1ccc(Oc2cc(F)ccc2Br)cc1Cl. The molecule has 0 unspecified atom stereocenters. The van der Waals surface area contributed by atoms with Crippen LogP contribution in [0.1, 0.15) is 10.4 Å². The molecular formula is C13H8BrClFNO2. The highest BCUT2D eigenvalue weighted by Gasteiger charge is 2.09. The first-order chi connectivity index (χ1) is 8.97. The number of ether oxygens (including phenoxy) is 1. The van der Waals surface area contributed by atoms with Gasteiger partial charge >= 0.3 is 0 Å². The van der Waals surface area contributed by atoms with Gasteiger partial charge in [-0.15, -0.1) is 0 Å². The number of amides is 1. The first-order valence-electron chi connectivity index (χ1n) is 5.19. The molecule has 3 nitrogen and oxygen atoms in total. The Bertz CT molecular complexity index is 649. The number of hydrogen-bond acceptors (Lipinski definition) is 2. The standard InChI is InChI=1S/C13H8BrClFNO2/c14-10-4-1-7(16)5-12(10)19-8-2-3-9(13(17)18)11(15)6-8/h1-6H,(H2,17,18). The number of nitrogens with two attached hydrogens (primary N) is 1. The lowest BCUT2D eigenvalue weighted by Crippen LogP contribution is -2.11. The maximum atomic E-state index is 13.1. The third kappa shape index (κ3) is 3.24. The molecule has 0 atom stereocenters. The van der Waals surface area contributed by atoms with E-state index in [1.54, 1.807) is 0 Å². The van der Waals surface area contributed by atoms with Gasteiger partial charge in [-0.2, -0.15) is 0 Å². The fourth-order valence-electron chi connectivity index (χ4n) is 1.44. The monoisotopic (exact) mass is 343 g/mol. The van der Waals surface area contributed by atoms with Gasteiger partial charge in [-0.25, -0.2) is 4.39 Å². The lowest BCUT2D eigenvalue weighted by molar-refractivity contribution is 0.100. The highest BCUT2D eigenvalue weighted by molar-refractivity contribution is 9.10. The second-order valence-corrected chi connectivity index (χ2v) is 4.94. The van der Waals surface area contributed by atoms with Crippen molar-refractivity contribution >= 4 is 33.4 Å². The number of carbonyl (C=O) groups excluding carboxylic acids is 1. The molecule has 1 amide bonds. The van der Waals surface area contributed by atoms with E-state index < -0.39 is 11.7 Å². The van der Waals surface area contributed by atoms with E-state index in [1.807, 2.05) is 0 Å². The molecular weight excluding hydrogens is 337 g/mol. The summed E-state index contributed by atoms with van der Waals surface area (Å²) in [6.07, 6.45) is 0. The topological polar surface area (TPSA) is 52.3 Å². The Balaban J connectivity index is 2.31. The van der Waals surface area contributed by atoms with E-state index >= 15 is 0 Å². The number of carbonyl (C=O) groups is 1. The van der Waals surface area contributed by atoms with Crippen molar-refractivity contribution in [1.82, 2.24) is 0 Å². The lowest BCUT2D eigenvalue weighted by Gasteiger charge is -2.09. The van der Waals surface area contributed by atoms with E-state index in [0.717, 1.165) is 0 Å². The highest BCUT2D eigenvalue weighted by Crippen LogP contribution is 2.32. The number of benzene rings is 2. The molecule has 2 aromatic rings. The van der Waals surface area contributed by atoms with Crippen LogP contribution in [0.3, 0.4) is 0 Å². The summed E-state index contributed by atoms with van der Waals surface area (Å²) in [5, 5.41) is 0.178. The highest BCUT2D eigenvalue weighted by atomic mass is 79.9. The maximum absolute atomic E-state index is 13.1. The van der Waals surface area contributed by atoms with Crippen molar-refractivity contribution < 1.29 is 13.9 Å². The van der Waals surface area contributed by atoms with Crippen molar-refractivity contribution in [3.8, 4) is 11.5 Å². The Kier molecular flexibility index (Phi) is 4.07. The Morgan fingerprint density at radius 1 is 1.26 bits per heavy atom. The van der Waals surface area contributed by atoms with Crippen LogP contribution >= 0.6 is 27.5 Å². The van der Waals surface area contributed by atoms with Crippen LogP contribution in [0.2, 0.25) is 5.02 Å². The number of rotatable bonds is 3. The van der Waals surface area contributed by atoms with Gasteiger partial charge in [0.05, 0.1) is 15.1 Å². The molecule has 0 spiro atoms. The Labute approximate surface area is 122 Å². The van der Waals surface area contributed by atoms with Gasteiger partial charge in [0.2, 0.25) is 5.91 Å². The first-order valence-corrected chi connectivity index (χ1v) is 6.37. The molecule has 0 saturated carbocycles. The minimum absolute atomic E-state index is 0.178. The van der Waals surface area contributed by atoms with Crippen LogP contribution in [0.4, 0.5) is 4.39 Å². The van der Waals surface area contributed by atoms with Crippen LogP contribution in [0.15, 0.2) is 40.9 Å². The van der Waals surface area contributed by atoms with Gasteiger partial charge < -0.3 is 10.5 Å². The Hall–Kier alpha value is -1.59. The molecule has 98 valence electrons. The molecule has 0 aliphatic heterocycles. The number of primary amides is 1. The van der Waals surface area contributed by atoms with E-state index in [1.165, 1.54) is 36.4 Å². The molecule has 0 fully saturated rings. The summed E-state index contributed by atoms with van der Waals surface area (Å²) >= 11 is 9.14. The molecule has 0 bridgehead atoms. The second kappa shape index (κ2) is 5.59. The van der Waals surface area contributed by atoms with Gasteiger partial charge in [-0.05, 0) is 40.2 Å². The maximum Gasteiger partial charge on any atom is 0.250 e. The minimum Gasteiger partial charge on any atom is -0.456 e. The summed E-state index contributed by atoms with van der Waals surface area (Å²) in [6, 6.07) is 8.50. The van der Waals surface area contributed by atoms with Crippen molar-refractivity contribution in [3.05, 3.63) is 57.3 Å². The van der Waals surface area contributed by atoms with Gasteiger partial charge in [0.15, 0.2) is 0 Å². The van der Waals surface area contributed by atoms with E-state index in [-0.39, 0.29) is 10.6 Å². The normalized spacial score (nSPS) is 10.3. The largest absolute Gasteiger partial charge is 0.456 e. The quantitative estimate of drug-likeness (QED) is 0.910. The summed E-state index contributed by atoms with van der Waals surface area (Å²) in [7, 11) is 0. The van der Waals surface area contributed by atoms with Crippen LogP contribution in [0.25, 0.3) is 0 Å². The third-order valence-electron chi connectivity index (χ3n) is 2.33. The van der Waals surface area contributed by atoms with Crippen molar-refractivity contribution in [2.24, 2.45) is 5.73 Å². The summed E-state index contributed by atoms with van der Waals surface area (Å²) in [4.78, 5) is 11.0. The van der Waals surface area contributed by atoms with E-state index in [0.29, 0.717) is 16.0 Å². The summed E-state index contributed by atoms with van der Waals surface area (Å²) in [5.74, 6) is -0.356. The zero-order valence-corrected chi connectivity index (χ0v) is 11.8. The molecule has 6 heteroatoms. The Morgan fingerprint density at radius 2 is 2.00 bits per heavy atom. The second-order valence-electron chi connectivity index (χ2n) is 3.68. The molecule has 0 aliphatic carbocycles. The van der Waals surface area contributed by atoms with Crippen LogP contribution in [-0.4, -0.2) is 5.91 Å². The lowest BCUT2D eigenvalue weighted by atomic mass is 10.2. The van der Waals surface area contributed by atoms with Gasteiger partial charge in [-0.1, -0.05) is 11.6 Å². The zero-order valence-electron chi connectivity index (χ0n) is 9.49. The molecule has 0 heterocycles. The number of hydrogen-bond donors (Lipinski definition) is 1. The third-order valence-corrected chi connectivity index (χ3v) is 3.29. The van der Waals surface area contributed by atoms with Gasteiger partial charge in [0.1, 0.15) is 17.3 Å². The average Bonchev–Trinajstić information content (AvgIpc) is 2.33. The van der Waals surface area contributed by atoms with E-state index in [9.17, 15) is 9.18 Å². The predicted molar refractivity (Wildman–Crippen MR) is 74.1 cm³/mol. The van der Waals surface area contributed by atoms with Crippen LogP contribution < -0.4 is 10.5 Å². The van der Waals surface area contributed by atoms with E-state index in [4.69, 9.17) is 22.1 Å². The average molecular weight is 345 g/mol. The molecule has 0 aliphatic rings. The van der Waals surface area contributed by atoms with Gasteiger partial charge in [-0.3, -0.25) is 4.79 Å². The molecule has 2 N–H and O–H groups in total. The Morgan fingerprint density at radius 3 is 2.63 bits per heavy atom. The van der Waals surface area contributed by atoms with Crippen LogP contribution in [-0.2, 0) is 0 Å². The molecule has 2 aromatic carbocycles. The van der Waals surface area contributed by atoms with Crippen LogP contribution in [0.5, 0.6) is 11.5 Å². The fraction of sp³-hybridized carbons (Fsp3) is 0. The van der Waals surface area contributed by atoms with Crippen molar-refractivity contribution in [3.63, 3.8) is 0 Å². The van der Waals surface area contributed by atoms with Crippen molar-refractivity contribution in [2.45, 2.75) is 0 Å². The van der Waals surface area contributed by atoms with Gasteiger partial charge in [0, 0.05) is 12.1 Å². The summed E-state index contributed by atoms with van der Waals surface area (Å²) in [5.41, 5.74) is 5.34. The summed E-state index contributed by atoms with van der Waals surface area (Å²) < 4.78 is 19.2. The van der Waals surface area contributed by atoms with Crippen molar-refractivity contribution in [2.75, 3.05) is 0 Å².